The molecule has 4 nitrogen and oxygen atoms in total. The van der Waals surface area contributed by atoms with Gasteiger partial charge in [-0.2, -0.15) is 0 Å². The summed E-state index contributed by atoms with van der Waals surface area (Å²) in [6.45, 7) is 1.84. The smallest absolute Gasteiger partial charge is 0.278 e. The molecule has 1 aliphatic heterocycles. The molecule has 3 aromatic rings. The Balaban J connectivity index is 1.73. The van der Waals surface area contributed by atoms with E-state index in [1.165, 1.54) is 36.4 Å². The maximum atomic E-state index is 14.2. The zero-order valence-corrected chi connectivity index (χ0v) is 16.9. The van der Waals surface area contributed by atoms with Crippen LogP contribution in [0.1, 0.15) is 23.6 Å². The van der Waals surface area contributed by atoms with Gasteiger partial charge in [-0.3, -0.25) is 14.5 Å². The summed E-state index contributed by atoms with van der Waals surface area (Å²) in [5.74, 6) is -2.07. The molecule has 1 heterocycles. The summed E-state index contributed by atoms with van der Waals surface area (Å²) in [7, 11) is 0. The molecule has 3 aromatic carbocycles. The number of nitrogens with zero attached hydrogens (tertiary/aromatic N) is 1. The van der Waals surface area contributed by atoms with Gasteiger partial charge >= 0.3 is 0 Å². The number of carbonyl (C=O) groups is 2. The largest absolute Gasteiger partial charge is 0.350 e. The van der Waals surface area contributed by atoms with Crippen LogP contribution in [0.15, 0.2) is 78.5 Å². The number of hydrogen-bond acceptors (Lipinski definition) is 3. The minimum absolute atomic E-state index is 0.0807. The minimum Gasteiger partial charge on any atom is -0.350 e. The van der Waals surface area contributed by atoms with E-state index in [4.69, 9.17) is 0 Å². The number of benzene rings is 3. The van der Waals surface area contributed by atoms with Gasteiger partial charge < -0.3 is 5.32 Å². The number of carbonyl (C=O) groups excluding carboxylic acids is 2. The van der Waals surface area contributed by atoms with Gasteiger partial charge in [0.05, 0.1) is 12.1 Å². The van der Waals surface area contributed by atoms with Crippen molar-refractivity contribution in [3.63, 3.8) is 0 Å². The lowest BCUT2D eigenvalue weighted by molar-refractivity contribution is -0.137. The summed E-state index contributed by atoms with van der Waals surface area (Å²) in [4.78, 5) is 27.4. The number of anilines is 1. The molecule has 2 amide bonds. The van der Waals surface area contributed by atoms with Crippen molar-refractivity contribution in [3.8, 4) is 0 Å². The highest BCUT2D eigenvalue weighted by atomic mass is 19.1. The summed E-state index contributed by atoms with van der Waals surface area (Å²) < 4.78 is 27.6. The second-order valence-electron chi connectivity index (χ2n) is 7.22. The highest BCUT2D eigenvalue weighted by Crippen LogP contribution is 2.32. The Labute approximate surface area is 178 Å². The van der Waals surface area contributed by atoms with Gasteiger partial charge in [0, 0.05) is 11.3 Å². The van der Waals surface area contributed by atoms with Crippen LogP contribution in [0.5, 0.6) is 0 Å². The van der Waals surface area contributed by atoms with E-state index in [1.54, 1.807) is 12.1 Å². The number of nitrogens with one attached hydrogen (secondary N) is 1. The Kier molecular flexibility index (Phi) is 5.62. The van der Waals surface area contributed by atoms with Crippen LogP contribution in [0.3, 0.4) is 0 Å². The standard InChI is InChI=1S/C25H20F2N2O2/c1-2-16-7-13-20(14-8-16)28-23-22(17-9-11-19(26)12-10-17)24(30)29(25(23)31)15-18-5-3-4-6-21(18)27/h3-14,28H,2,15H2,1H3. The first-order chi connectivity index (χ1) is 15.0. The van der Waals surface area contributed by atoms with Crippen molar-refractivity contribution in [2.24, 2.45) is 0 Å². The molecule has 0 atom stereocenters. The lowest BCUT2D eigenvalue weighted by Crippen LogP contribution is -2.32. The van der Waals surface area contributed by atoms with Crippen LogP contribution in [0, 0.1) is 11.6 Å². The highest BCUT2D eigenvalue weighted by molar-refractivity contribution is 6.36. The summed E-state index contributed by atoms with van der Waals surface area (Å²) in [5.41, 5.74) is 2.62. The predicted molar refractivity (Wildman–Crippen MR) is 115 cm³/mol. The van der Waals surface area contributed by atoms with E-state index < -0.39 is 23.4 Å². The Morgan fingerprint density at radius 1 is 0.839 bits per heavy atom. The summed E-state index contributed by atoms with van der Waals surface area (Å²) in [5, 5.41) is 3.05. The second-order valence-corrected chi connectivity index (χ2v) is 7.22. The molecule has 6 heteroatoms. The average Bonchev–Trinajstić information content (AvgIpc) is 3.00. The van der Waals surface area contributed by atoms with Crippen LogP contribution in [-0.4, -0.2) is 16.7 Å². The first-order valence-electron chi connectivity index (χ1n) is 9.93. The van der Waals surface area contributed by atoms with E-state index in [0.29, 0.717) is 11.3 Å². The Morgan fingerprint density at radius 3 is 2.16 bits per heavy atom. The number of amides is 2. The Bertz CT molecular complexity index is 1170. The molecule has 4 rings (SSSR count). The normalized spacial score (nSPS) is 13.8. The molecule has 0 saturated heterocycles. The van der Waals surface area contributed by atoms with Crippen LogP contribution in [-0.2, 0) is 22.6 Å². The minimum atomic E-state index is -0.563. The van der Waals surface area contributed by atoms with E-state index >= 15 is 0 Å². The number of aryl methyl sites for hydroxylation is 1. The van der Waals surface area contributed by atoms with Gasteiger partial charge in [0.1, 0.15) is 17.3 Å². The van der Waals surface area contributed by atoms with E-state index in [2.05, 4.69) is 5.32 Å². The molecular formula is C25H20F2N2O2. The van der Waals surface area contributed by atoms with Crippen molar-refractivity contribution < 1.29 is 18.4 Å². The second kappa shape index (κ2) is 8.52. The molecule has 0 unspecified atom stereocenters. The molecule has 0 bridgehead atoms. The van der Waals surface area contributed by atoms with Crippen LogP contribution >= 0.6 is 0 Å². The molecule has 0 aliphatic carbocycles. The SMILES string of the molecule is CCc1ccc(NC2=C(c3ccc(F)cc3)C(=O)N(Cc3ccccc3F)C2=O)cc1. The monoisotopic (exact) mass is 418 g/mol. The molecule has 1 aliphatic rings. The van der Waals surface area contributed by atoms with Gasteiger partial charge in [-0.25, -0.2) is 8.78 Å². The molecule has 0 spiro atoms. The molecule has 0 radical (unpaired) electrons. The summed E-state index contributed by atoms with van der Waals surface area (Å²) in [6.07, 6.45) is 0.873. The van der Waals surface area contributed by atoms with Gasteiger partial charge in [-0.05, 0) is 47.9 Å². The van der Waals surface area contributed by atoms with Gasteiger partial charge in [-0.1, -0.05) is 49.4 Å². The van der Waals surface area contributed by atoms with Crippen molar-refractivity contribution in [1.29, 1.82) is 0 Å². The quantitative estimate of drug-likeness (QED) is 0.578. The average molecular weight is 418 g/mol. The third-order valence-electron chi connectivity index (χ3n) is 5.22. The van der Waals surface area contributed by atoms with Crippen LogP contribution in [0.25, 0.3) is 5.57 Å². The molecule has 0 saturated carbocycles. The van der Waals surface area contributed by atoms with Gasteiger partial charge in [0.25, 0.3) is 11.8 Å². The highest BCUT2D eigenvalue weighted by Gasteiger charge is 2.39. The van der Waals surface area contributed by atoms with E-state index in [0.717, 1.165) is 16.9 Å². The molecular weight excluding hydrogens is 398 g/mol. The molecule has 31 heavy (non-hydrogen) atoms. The van der Waals surface area contributed by atoms with Crippen molar-refractivity contribution >= 4 is 23.1 Å². The fraction of sp³-hybridized carbons (Fsp3) is 0.120. The molecule has 1 N–H and O–H groups in total. The first-order valence-corrected chi connectivity index (χ1v) is 9.93. The van der Waals surface area contributed by atoms with Crippen LogP contribution in [0.2, 0.25) is 0 Å². The van der Waals surface area contributed by atoms with E-state index in [9.17, 15) is 18.4 Å². The Morgan fingerprint density at radius 2 is 1.52 bits per heavy atom. The predicted octanol–water partition coefficient (Wildman–Crippen LogP) is 4.92. The maximum absolute atomic E-state index is 14.2. The van der Waals surface area contributed by atoms with Gasteiger partial charge in [0.2, 0.25) is 0 Å². The van der Waals surface area contributed by atoms with Crippen LogP contribution in [0.4, 0.5) is 14.5 Å². The zero-order chi connectivity index (χ0) is 22.0. The Hall–Kier alpha value is -3.80. The molecule has 0 aromatic heterocycles. The maximum Gasteiger partial charge on any atom is 0.278 e. The first kappa shape index (κ1) is 20.5. The lowest BCUT2D eigenvalue weighted by Gasteiger charge is -2.16. The van der Waals surface area contributed by atoms with Crippen molar-refractivity contribution in [2.45, 2.75) is 19.9 Å². The van der Waals surface area contributed by atoms with Gasteiger partial charge in [-0.15, -0.1) is 0 Å². The topological polar surface area (TPSA) is 49.4 Å². The van der Waals surface area contributed by atoms with Crippen molar-refractivity contribution in [2.75, 3.05) is 5.32 Å². The fourth-order valence-electron chi connectivity index (χ4n) is 3.49. The lowest BCUT2D eigenvalue weighted by atomic mass is 10.0. The third-order valence-corrected chi connectivity index (χ3v) is 5.22. The number of halogens is 2. The van der Waals surface area contributed by atoms with Gasteiger partial charge in [0.15, 0.2) is 0 Å². The summed E-state index contributed by atoms with van der Waals surface area (Å²) in [6, 6.07) is 18.9. The van der Waals surface area contributed by atoms with Crippen molar-refractivity contribution in [1.82, 2.24) is 4.90 Å². The van der Waals surface area contributed by atoms with E-state index in [-0.39, 0.29) is 23.4 Å². The third kappa shape index (κ3) is 4.10. The zero-order valence-electron chi connectivity index (χ0n) is 16.9. The van der Waals surface area contributed by atoms with Crippen molar-refractivity contribution in [3.05, 3.63) is 107 Å². The van der Waals surface area contributed by atoms with E-state index in [1.807, 2.05) is 31.2 Å². The number of rotatable bonds is 6. The number of hydrogen-bond donors (Lipinski definition) is 1. The van der Waals surface area contributed by atoms with Crippen LogP contribution < -0.4 is 5.32 Å². The summed E-state index contributed by atoms with van der Waals surface area (Å²) >= 11 is 0. The molecule has 156 valence electrons. The number of imide groups is 1. The molecule has 0 fully saturated rings. The fourth-order valence-corrected chi connectivity index (χ4v) is 3.49.